The first-order chi connectivity index (χ1) is 8.47. The molecule has 5 N–H and O–H groups in total. The number of carbonyl (C=O) groups is 2. The van der Waals surface area contributed by atoms with Gasteiger partial charge in [-0.2, -0.15) is 0 Å². The van der Waals surface area contributed by atoms with Crippen LogP contribution in [0, 0.1) is 5.82 Å². The largest absolute Gasteiger partial charge is 0.478 e. The number of amides is 1. The second kappa shape index (κ2) is 5.85. The van der Waals surface area contributed by atoms with Crippen molar-refractivity contribution in [3.8, 4) is 0 Å². The van der Waals surface area contributed by atoms with Gasteiger partial charge in [0.15, 0.2) is 0 Å². The van der Waals surface area contributed by atoms with Crippen molar-refractivity contribution < 1.29 is 19.1 Å². The minimum atomic E-state index is -1.36. The van der Waals surface area contributed by atoms with E-state index in [-0.39, 0.29) is 23.7 Å². The number of rotatable bonds is 5. The molecular weight excluding hydrogens is 241 g/mol. The molecule has 0 aliphatic carbocycles. The van der Waals surface area contributed by atoms with E-state index in [9.17, 15) is 14.0 Å². The number of nitrogen functional groups attached to an aromatic ring is 1. The second-order valence-electron chi connectivity index (χ2n) is 3.50. The minimum Gasteiger partial charge on any atom is -0.478 e. The first-order valence-corrected chi connectivity index (χ1v) is 5.29. The Labute approximate surface area is 103 Å². The van der Waals surface area contributed by atoms with E-state index in [1.807, 2.05) is 0 Å². The van der Waals surface area contributed by atoms with Crippen LogP contribution in [0.15, 0.2) is 12.1 Å². The number of carboxylic acid groups (broad SMARTS) is 1. The van der Waals surface area contributed by atoms with Gasteiger partial charge >= 0.3 is 5.97 Å². The highest BCUT2D eigenvalue weighted by Gasteiger charge is 2.17. The summed E-state index contributed by atoms with van der Waals surface area (Å²) in [5, 5.41) is 14.1. The molecule has 0 fully saturated rings. The standard InChI is InChI=1S/C11H14FN3O3/c1-2-14-8(16)5-15-7-4-3-6(12)10(13)9(7)11(17)18/h3-4,15H,2,5,13H2,1H3,(H,14,16)(H,17,18). The first kappa shape index (κ1) is 13.8. The molecule has 0 unspecified atom stereocenters. The molecule has 6 nitrogen and oxygen atoms in total. The summed E-state index contributed by atoms with van der Waals surface area (Å²) in [4.78, 5) is 22.2. The van der Waals surface area contributed by atoms with E-state index < -0.39 is 17.5 Å². The highest BCUT2D eigenvalue weighted by atomic mass is 19.1. The number of aromatic carboxylic acids is 1. The Bertz CT molecular complexity index is 477. The summed E-state index contributed by atoms with van der Waals surface area (Å²) in [6.45, 7) is 2.12. The number of carbonyl (C=O) groups excluding carboxylic acids is 1. The maximum atomic E-state index is 13.1. The van der Waals surface area contributed by atoms with Crippen LogP contribution in [0.2, 0.25) is 0 Å². The third kappa shape index (κ3) is 3.09. The van der Waals surface area contributed by atoms with Gasteiger partial charge in [0.2, 0.25) is 5.91 Å². The Hall–Kier alpha value is -2.31. The van der Waals surface area contributed by atoms with Gasteiger partial charge in [0, 0.05) is 6.54 Å². The molecule has 18 heavy (non-hydrogen) atoms. The average Bonchev–Trinajstić information content (AvgIpc) is 2.30. The lowest BCUT2D eigenvalue weighted by atomic mass is 10.1. The van der Waals surface area contributed by atoms with Crippen molar-refractivity contribution in [2.75, 3.05) is 24.1 Å². The number of nitrogens with two attached hydrogens (primary N) is 1. The van der Waals surface area contributed by atoms with Gasteiger partial charge in [-0.3, -0.25) is 4.79 Å². The Morgan fingerprint density at radius 2 is 2.11 bits per heavy atom. The molecule has 1 rings (SSSR count). The topological polar surface area (TPSA) is 104 Å². The van der Waals surface area contributed by atoms with Gasteiger partial charge in [0.05, 0.1) is 17.9 Å². The maximum absolute atomic E-state index is 13.1. The molecule has 0 aromatic heterocycles. The van der Waals surface area contributed by atoms with E-state index in [0.717, 1.165) is 6.07 Å². The lowest BCUT2D eigenvalue weighted by Crippen LogP contribution is -2.29. The number of likely N-dealkylation sites (N-methyl/N-ethyl adjacent to an activating group) is 1. The zero-order valence-electron chi connectivity index (χ0n) is 9.79. The lowest BCUT2D eigenvalue weighted by Gasteiger charge is -2.11. The van der Waals surface area contributed by atoms with E-state index in [4.69, 9.17) is 10.8 Å². The number of halogens is 1. The molecule has 0 atom stereocenters. The number of carboxylic acids is 1. The van der Waals surface area contributed by atoms with Gasteiger partial charge in [-0.1, -0.05) is 0 Å². The van der Waals surface area contributed by atoms with Crippen molar-refractivity contribution in [3.05, 3.63) is 23.5 Å². The highest BCUT2D eigenvalue weighted by Crippen LogP contribution is 2.24. The molecule has 0 saturated carbocycles. The maximum Gasteiger partial charge on any atom is 0.340 e. The second-order valence-corrected chi connectivity index (χ2v) is 3.50. The molecule has 7 heteroatoms. The monoisotopic (exact) mass is 255 g/mol. The molecule has 1 aromatic carbocycles. The van der Waals surface area contributed by atoms with E-state index >= 15 is 0 Å². The molecule has 0 radical (unpaired) electrons. The number of hydrogen-bond acceptors (Lipinski definition) is 4. The van der Waals surface area contributed by atoms with E-state index in [0.29, 0.717) is 6.54 Å². The van der Waals surface area contributed by atoms with Gasteiger partial charge in [-0.05, 0) is 19.1 Å². The van der Waals surface area contributed by atoms with Gasteiger partial charge in [0.1, 0.15) is 11.4 Å². The molecule has 98 valence electrons. The van der Waals surface area contributed by atoms with Crippen LogP contribution in [0.5, 0.6) is 0 Å². The summed E-state index contributed by atoms with van der Waals surface area (Å²) < 4.78 is 13.1. The van der Waals surface area contributed by atoms with Crippen molar-refractivity contribution in [3.63, 3.8) is 0 Å². The summed E-state index contributed by atoms with van der Waals surface area (Å²) in [5.74, 6) is -2.46. The lowest BCUT2D eigenvalue weighted by molar-refractivity contribution is -0.119. The summed E-state index contributed by atoms with van der Waals surface area (Å²) in [5.41, 5.74) is 4.63. The summed E-state index contributed by atoms with van der Waals surface area (Å²) >= 11 is 0. The van der Waals surface area contributed by atoms with E-state index in [1.165, 1.54) is 6.07 Å². The predicted molar refractivity (Wildman–Crippen MR) is 64.9 cm³/mol. The van der Waals surface area contributed by atoms with Crippen molar-refractivity contribution in [1.29, 1.82) is 0 Å². The van der Waals surface area contributed by atoms with Crippen LogP contribution in [0.1, 0.15) is 17.3 Å². The third-order valence-electron chi connectivity index (χ3n) is 2.22. The molecule has 0 aliphatic heterocycles. The number of nitrogens with one attached hydrogen (secondary N) is 2. The molecule has 0 bridgehead atoms. The fourth-order valence-corrected chi connectivity index (χ4v) is 1.41. The van der Waals surface area contributed by atoms with Crippen molar-refractivity contribution in [2.45, 2.75) is 6.92 Å². The quantitative estimate of drug-likeness (QED) is 0.578. The van der Waals surface area contributed by atoms with Crippen molar-refractivity contribution in [2.24, 2.45) is 0 Å². The molecule has 1 aromatic rings. The fraction of sp³-hybridized carbons (Fsp3) is 0.273. The SMILES string of the molecule is CCNC(=O)CNc1ccc(F)c(N)c1C(=O)O. The van der Waals surface area contributed by atoms with Crippen LogP contribution in [-0.2, 0) is 4.79 Å². The molecule has 0 aliphatic rings. The first-order valence-electron chi connectivity index (χ1n) is 5.29. The molecule has 0 spiro atoms. The smallest absolute Gasteiger partial charge is 0.340 e. The third-order valence-corrected chi connectivity index (χ3v) is 2.22. The summed E-state index contributed by atoms with van der Waals surface area (Å²) in [6.07, 6.45) is 0. The van der Waals surface area contributed by atoms with Gasteiger partial charge in [-0.25, -0.2) is 9.18 Å². The Kier molecular flexibility index (Phi) is 4.47. The molecule has 1 amide bonds. The van der Waals surface area contributed by atoms with E-state index in [2.05, 4.69) is 10.6 Å². The van der Waals surface area contributed by atoms with Crippen molar-refractivity contribution in [1.82, 2.24) is 5.32 Å². The Balaban J connectivity index is 2.92. The molecular formula is C11H14FN3O3. The summed E-state index contributed by atoms with van der Waals surface area (Å²) in [7, 11) is 0. The van der Waals surface area contributed by atoms with Crippen LogP contribution in [-0.4, -0.2) is 30.1 Å². The number of anilines is 2. The minimum absolute atomic E-state index is 0.104. The molecule has 0 heterocycles. The van der Waals surface area contributed by atoms with Crippen LogP contribution in [0.4, 0.5) is 15.8 Å². The van der Waals surface area contributed by atoms with Crippen LogP contribution < -0.4 is 16.4 Å². The normalized spacial score (nSPS) is 9.89. The fourth-order valence-electron chi connectivity index (χ4n) is 1.41. The van der Waals surface area contributed by atoms with Crippen molar-refractivity contribution >= 4 is 23.3 Å². The number of hydrogen-bond donors (Lipinski definition) is 4. The van der Waals surface area contributed by atoms with Crippen LogP contribution in [0.25, 0.3) is 0 Å². The molecule has 0 saturated heterocycles. The Morgan fingerprint density at radius 3 is 2.67 bits per heavy atom. The highest BCUT2D eigenvalue weighted by molar-refractivity contribution is 6.00. The Morgan fingerprint density at radius 1 is 1.44 bits per heavy atom. The zero-order chi connectivity index (χ0) is 13.7. The van der Waals surface area contributed by atoms with Gasteiger partial charge in [0.25, 0.3) is 0 Å². The van der Waals surface area contributed by atoms with Gasteiger partial charge in [-0.15, -0.1) is 0 Å². The number of benzene rings is 1. The average molecular weight is 255 g/mol. The van der Waals surface area contributed by atoms with Crippen LogP contribution >= 0.6 is 0 Å². The van der Waals surface area contributed by atoms with Crippen LogP contribution in [0.3, 0.4) is 0 Å². The zero-order valence-corrected chi connectivity index (χ0v) is 9.79. The van der Waals surface area contributed by atoms with Gasteiger partial charge < -0.3 is 21.5 Å². The van der Waals surface area contributed by atoms with E-state index in [1.54, 1.807) is 6.92 Å². The predicted octanol–water partition coefficient (Wildman–Crippen LogP) is 0.654. The summed E-state index contributed by atoms with van der Waals surface area (Å²) in [6, 6.07) is 2.27.